The SMILES string of the molecule is CCCC(Oc1ccc(Cl)c(Cl)c1)C(=O)NN. The summed E-state index contributed by atoms with van der Waals surface area (Å²) in [5.74, 6) is 5.21. The van der Waals surface area contributed by atoms with Gasteiger partial charge < -0.3 is 4.74 Å². The fraction of sp³-hybridized carbons (Fsp3) is 0.364. The molecule has 0 spiro atoms. The summed E-state index contributed by atoms with van der Waals surface area (Å²) in [5, 5.41) is 0.821. The molecule has 17 heavy (non-hydrogen) atoms. The molecule has 0 aliphatic heterocycles. The Morgan fingerprint density at radius 1 is 1.47 bits per heavy atom. The Hall–Kier alpha value is -0.970. The van der Waals surface area contributed by atoms with Gasteiger partial charge in [-0.15, -0.1) is 0 Å². The van der Waals surface area contributed by atoms with E-state index in [1.165, 1.54) is 0 Å². The van der Waals surface area contributed by atoms with E-state index in [0.29, 0.717) is 22.2 Å². The maximum Gasteiger partial charge on any atom is 0.274 e. The second-order valence-electron chi connectivity index (χ2n) is 3.48. The molecule has 0 saturated carbocycles. The highest BCUT2D eigenvalue weighted by Crippen LogP contribution is 2.27. The predicted molar refractivity (Wildman–Crippen MR) is 68.1 cm³/mol. The van der Waals surface area contributed by atoms with Gasteiger partial charge in [0.2, 0.25) is 0 Å². The van der Waals surface area contributed by atoms with Crippen molar-refractivity contribution < 1.29 is 9.53 Å². The van der Waals surface area contributed by atoms with E-state index in [1.54, 1.807) is 18.2 Å². The van der Waals surface area contributed by atoms with Crippen molar-refractivity contribution in [1.82, 2.24) is 5.43 Å². The van der Waals surface area contributed by atoms with Crippen LogP contribution in [-0.2, 0) is 4.79 Å². The van der Waals surface area contributed by atoms with Crippen LogP contribution in [0.5, 0.6) is 5.75 Å². The van der Waals surface area contributed by atoms with Gasteiger partial charge in [0.1, 0.15) is 5.75 Å². The lowest BCUT2D eigenvalue weighted by molar-refractivity contribution is -0.128. The summed E-state index contributed by atoms with van der Waals surface area (Å²) in [7, 11) is 0. The van der Waals surface area contributed by atoms with E-state index in [1.807, 2.05) is 6.92 Å². The monoisotopic (exact) mass is 276 g/mol. The number of amides is 1. The quantitative estimate of drug-likeness (QED) is 0.494. The lowest BCUT2D eigenvalue weighted by Gasteiger charge is -2.17. The Kier molecular flexibility index (Phi) is 5.55. The Labute approximate surface area is 110 Å². The molecule has 0 radical (unpaired) electrons. The van der Waals surface area contributed by atoms with Gasteiger partial charge in [0.05, 0.1) is 10.0 Å². The molecule has 1 rings (SSSR count). The Morgan fingerprint density at radius 3 is 2.71 bits per heavy atom. The van der Waals surface area contributed by atoms with Crippen LogP contribution in [0.4, 0.5) is 0 Å². The number of carbonyl (C=O) groups is 1. The Balaban J connectivity index is 2.78. The van der Waals surface area contributed by atoms with Gasteiger partial charge in [0.15, 0.2) is 6.10 Å². The maximum atomic E-state index is 11.4. The highest BCUT2D eigenvalue weighted by molar-refractivity contribution is 6.42. The largest absolute Gasteiger partial charge is 0.481 e. The first-order valence-electron chi connectivity index (χ1n) is 5.20. The van der Waals surface area contributed by atoms with Crippen LogP contribution < -0.4 is 16.0 Å². The van der Waals surface area contributed by atoms with E-state index in [0.717, 1.165) is 6.42 Å². The molecule has 1 atom stereocenters. The Morgan fingerprint density at radius 2 is 2.18 bits per heavy atom. The van der Waals surface area contributed by atoms with Crippen LogP contribution >= 0.6 is 23.2 Å². The van der Waals surface area contributed by atoms with Crippen LogP contribution in [-0.4, -0.2) is 12.0 Å². The minimum absolute atomic E-state index is 0.363. The fourth-order valence-corrected chi connectivity index (χ4v) is 1.60. The fourth-order valence-electron chi connectivity index (χ4n) is 1.31. The molecule has 0 bridgehead atoms. The third kappa shape index (κ3) is 4.07. The normalized spacial score (nSPS) is 12.0. The van der Waals surface area contributed by atoms with Gasteiger partial charge in [0, 0.05) is 6.07 Å². The number of hydrogen-bond acceptors (Lipinski definition) is 3. The molecular weight excluding hydrogens is 263 g/mol. The van der Waals surface area contributed by atoms with Crippen molar-refractivity contribution >= 4 is 29.1 Å². The van der Waals surface area contributed by atoms with Crippen LogP contribution in [0, 0.1) is 0 Å². The second-order valence-corrected chi connectivity index (χ2v) is 4.29. The van der Waals surface area contributed by atoms with Gasteiger partial charge in [-0.3, -0.25) is 10.2 Å². The molecule has 94 valence electrons. The summed E-state index contributed by atoms with van der Waals surface area (Å²) in [6.07, 6.45) is 0.755. The molecule has 0 saturated heterocycles. The molecule has 0 aliphatic carbocycles. The molecule has 0 aliphatic rings. The van der Waals surface area contributed by atoms with E-state index >= 15 is 0 Å². The summed E-state index contributed by atoms with van der Waals surface area (Å²) < 4.78 is 5.51. The van der Waals surface area contributed by atoms with E-state index in [9.17, 15) is 4.79 Å². The van der Waals surface area contributed by atoms with Gasteiger partial charge in [0.25, 0.3) is 5.91 Å². The number of carbonyl (C=O) groups excluding carboxylic acids is 1. The molecular formula is C11H14Cl2N2O2. The number of ether oxygens (including phenoxy) is 1. The first-order valence-corrected chi connectivity index (χ1v) is 5.96. The highest BCUT2D eigenvalue weighted by Gasteiger charge is 2.18. The number of hydrogen-bond donors (Lipinski definition) is 2. The van der Waals surface area contributed by atoms with Crippen molar-refractivity contribution in [1.29, 1.82) is 0 Å². The Bertz CT molecular complexity index is 399. The molecule has 3 N–H and O–H groups in total. The van der Waals surface area contributed by atoms with Crippen molar-refractivity contribution in [3.8, 4) is 5.75 Å². The van der Waals surface area contributed by atoms with Crippen molar-refractivity contribution in [2.45, 2.75) is 25.9 Å². The number of rotatable bonds is 5. The van der Waals surface area contributed by atoms with Gasteiger partial charge in [-0.05, 0) is 18.6 Å². The zero-order valence-corrected chi connectivity index (χ0v) is 10.9. The zero-order chi connectivity index (χ0) is 12.8. The average molecular weight is 277 g/mol. The van der Waals surface area contributed by atoms with E-state index < -0.39 is 6.10 Å². The van der Waals surface area contributed by atoms with Gasteiger partial charge in [-0.2, -0.15) is 0 Å². The summed E-state index contributed by atoms with van der Waals surface area (Å²) in [4.78, 5) is 11.4. The van der Waals surface area contributed by atoms with Crippen LogP contribution in [0.3, 0.4) is 0 Å². The molecule has 1 unspecified atom stereocenters. The van der Waals surface area contributed by atoms with Gasteiger partial charge in [-0.25, -0.2) is 5.84 Å². The molecule has 1 aromatic rings. The minimum Gasteiger partial charge on any atom is -0.481 e. The molecule has 1 amide bonds. The van der Waals surface area contributed by atoms with Gasteiger partial charge >= 0.3 is 0 Å². The van der Waals surface area contributed by atoms with Crippen molar-refractivity contribution in [3.05, 3.63) is 28.2 Å². The first kappa shape index (κ1) is 14.1. The van der Waals surface area contributed by atoms with E-state index in [4.69, 9.17) is 33.8 Å². The standard InChI is InChI=1S/C11H14Cl2N2O2/c1-2-3-10(11(16)15-14)17-7-4-5-8(12)9(13)6-7/h4-6,10H,2-3,14H2,1H3,(H,15,16). The molecule has 1 aromatic carbocycles. The topological polar surface area (TPSA) is 64.3 Å². The third-order valence-corrected chi connectivity index (χ3v) is 2.89. The molecule has 0 heterocycles. The average Bonchev–Trinajstić information content (AvgIpc) is 2.32. The highest BCUT2D eigenvalue weighted by atomic mass is 35.5. The summed E-state index contributed by atoms with van der Waals surface area (Å²) in [6.45, 7) is 1.95. The number of nitrogens with two attached hydrogens (primary N) is 1. The molecule has 4 nitrogen and oxygen atoms in total. The summed E-state index contributed by atoms with van der Waals surface area (Å²) in [6, 6.07) is 4.83. The maximum absolute atomic E-state index is 11.4. The van der Waals surface area contributed by atoms with Crippen LogP contribution in [0.1, 0.15) is 19.8 Å². The first-order chi connectivity index (χ1) is 8.08. The number of halogens is 2. The zero-order valence-electron chi connectivity index (χ0n) is 9.37. The molecule has 0 aromatic heterocycles. The second kappa shape index (κ2) is 6.69. The molecule has 0 fully saturated rings. The van der Waals surface area contributed by atoms with Crippen molar-refractivity contribution in [2.75, 3.05) is 0 Å². The number of benzene rings is 1. The lowest BCUT2D eigenvalue weighted by atomic mass is 10.2. The van der Waals surface area contributed by atoms with E-state index in [-0.39, 0.29) is 5.91 Å². The van der Waals surface area contributed by atoms with E-state index in [2.05, 4.69) is 5.43 Å². The summed E-state index contributed by atoms with van der Waals surface area (Å²) in [5.41, 5.74) is 2.07. The van der Waals surface area contributed by atoms with Crippen molar-refractivity contribution in [2.24, 2.45) is 5.84 Å². The minimum atomic E-state index is -0.623. The third-order valence-electron chi connectivity index (χ3n) is 2.15. The molecule has 6 heteroatoms. The van der Waals surface area contributed by atoms with Crippen LogP contribution in [0.25, 0.3) is 0 Å². The predicted octanol–water partition coefficient (Wildman–Crippen LogP) is 2.53. The van der Waals surface area contributed by atoms with Crippen molar-refractivity contribution in [3.63, 3.8) is 0 Å². The number of hydrazine groups is 1. The van der Waals surface area contributed by atoms with Gasteiger partial charge in [-0.1, -0.05) is 36.5 Å². The lowest BCUT2D eigenvalue weighted by Crippen LogP contribution is -2.42. The van der Waals surface area contributed by atoms with Crippen LogP contribution in [0.15, 0.2) is 18.2 Å². The van der Waals surface area contributed by atoms with Crippen LogP contribution in [0.2, 0.25) is 10.0 Å². The summed E-state index contributed by atoms with van der Waals surface area (Å²) >= 11 is 11.6. The smallest absolute Gasteiger partial charge is 0.274 e. The number of nitrogens with one attached hydrogen (secondary N) is 1.